The third-order valence-electron chi connectivity index (χ3n) is 6.22. The monoisotopic (exact) mass is 474 g/mol. The summed E-state index contributed by atoms with van der Waals surface area (Å²) in [6, 6.07) is 21.9. The molecule has 4 heteroatoms. The van der Waals surface area contributed by atoms with Crippen molar-refractivity contribution in [2.75, 3.05) is 0 Å². The molecule has 0 aliphatic rings. The lowest BCUT2D eigenvalue weighted by atomic mass is 9.89. The molecule has 4 aromatic carbocycles. The number of rotatable bonds is 6. The Balaban J connectivity index is 1.55. The van der Waals surface area contributed by atoms with E-state index < -0.39 is 23.6 Å². The van der Waals surface area contributed by atoms with E-state index >= 15 is 0 Å². The van der Waals surface area contributed by atoms with Crippen LogP contribution in [0.2, 0.25) is 0 Å². The summed E-state index contributed by atoms with van der Waals surface area (Å²) >= 11 is 0. The van der Waals surface area contributed by atoms with Gasteiger partial charge in [-0.1, -0.05) is 73.4 Å². The van der Waals surface area contributed by atoms with Crippen LogP contribution in [0.4, 0.5) is 17.6 Å². The number of hydrogen-bond acceptors (Lipinski definition) is 0. The van der Waals surface area contributed by atoms with Gasteiger partial charge in [-0.15, -0.1) is 0 Å². The van der Waals surface area contributed by atoms with Crippen molar-refractivity contribution in [2.45, 2.75) is 45.2 Å². The number of aryl methyl sites for hydroxylation is 2. The molecule has 0 aliphatic carbocycles. The Morgan fingerprint density at radius 2 is 1.51 bits per heavy atom. The molecule has 2 unspecified atom stereocenters. The van der Waals surface area contributed by atoms with Crippen LogP contribution in [0, 0.1) is 29.3 Å². The van der Waals surface area contributed by atoms with Gasteiger partial charge >= 0.3 is 0 Å². The smallest absolute Gasteiger partial charge is 0.194 e. The van der Waals surface area contributed by atoms with Crippen molar-refractivity contribution in [1.29, 1.82) is 0 Å². The minimum Gasteiger partial charge on any atom is -0.248 e. The Kier molecular flexibility index (Phi) is 7.56. The highest BCUT2D eigenvalue weighted by Crippen LogP contribution is 2.27. The van der Waals surface area contributed by atoms with Crippen LogP contribution < -0.4 is 0 Å². The highest BCUT2D eigenvalue weighted by atomic mass is 19.2. The summed E-state index contributed by atoms with van der Waals surface area (Å²) in [6.07, 6.45) is 1.37. The van der Waals surface area contributed by atoms with Gasteiger partial charge in [-0.25, -0.2) is 17.6 Å². The van der Waals surface area contributed by atoms with Crippen molar-refractivity contribution in [3.05, 3.63) is 118 Å². The third-order valence-corrected chi connectivity index (χ3v) is 6.22. The molecule has 0 radical (unpaired) electrons. The minimum absolute atomic E-state index is 0.0741. The second-order valence-corrected chi connectivity index (χ2v) is 8.98. The second-order valence-electron chi connectivity index (χ2n) is 8.98. The van der Waals surface area contributed by atoms with E-state index in [0.29, 0.717) is 6.42 Å². The van der Waals surface area contributed by atoms with Gasteiger partial charge in [0.1, 0.15) is 0 Å². The van der Waals surface area contributed by atoms with Crippen molar-refractivity contribution >= 4 is 10.8 Å². The van der Waals surface area contributed by atoms with Crippen molar-refractivity contribution in [3.63, 3.8) is 0 Å². The molecule has 0 heterocycles. The topological polar surface area (TPSA) is 0 Å². The minimum atomic E-state index is -1.50. The highest BCUT2D eigenvalue weighted by Gasteiger charge is 2.14. The zero-order valence-electron chi connectivity index (χ0n) is 19.7. The number of fused-ring (bicyclic) bond motifs is 1. The largest absolute Gasteiger partial charge is 0.248 e. The van der Waals surface area contributed by atoms with Crippen LogP contribution in [0.25, 0.3) is 10.8 Å². The molecule has 0 aromatic heterocycles. The van der Waals surface area contributed by atoms with Crippen molar-refractivity contribution in [2.24, 2.45) is 0 Å². The average Bonchev–Trinajstić information content (AvgIpc) is 2.84. The first-order valence-corrected chi connectivity index (χ1v) is 11.7. The molecule has 2 atom stereocenters. The fraction of sp³-hybridized carbons (Fsp3) is 0.226. The van der Waals surface area contributed by atoms with Crippen LogP contribution in [-0.4, -0.2) is 6.17 Å². The van der Waals surface area contributed by atoms with Crippen LogP contribution in [0.3, 0.4) is 0 Å². The van der Waals surface area contributed by atoms with E-state index in [9.17, 15) is 17.6 Å². The molecular weight excluding hydrogens is 448 g/mol. The van der Waals surface area contributed by atoms with E-state index in [0.717, 1.165) is 41.3 Å². The molecule has 0 aliphatic heterocycles. The van der Waals surface area contributed by atoms with Crippen LogP contribution >= 0.6 is 0 Å². The Bertz CT molecular complexity index is 1390. The summed E-state index contributed by atoms with van der Waals surface area (Å²) in [5.74, 6) is 1.83. The molecule has 0 bridgehead atoms. The van der Waals surface area contributed by atoms with Gasteiger partial charge in [0.2, 0.25) is 0 Å². The van der Waals surface area contributed by atoms with Gasteiger partial charge in [-0.2, -0.15) is 0 Å². The van der Waals surface area contributed by atoms with Crippen LogP contribution in [0.1, 0.15) is 54.0 Å². The van der Waals surface area contributed by atoms with E-state index in [1.165, 1.54) is 16.7 Å². The SMILES string of the molecule is CC(F)CC(C)c1ccccc1CCc1ccc2c(C#Cc3cc(F)c(F)c(F)c3)cccc2c1. The molecule has 0 nitrogen and oxygen atoms in total. The molecule has 4 rings (SSSR count). The lowest BCUT2D eigenvalue weighted by molar-refractivity contribution is 0.324. The normalized spacial score (nSPS) is 12.7. The molecule has 0 N–H and O–H groups in total. The summed E-state index contributed by atoms with van der Waals surface area (Å²) in [5.41, 5.74) is 4.40. The first-order valence-electron chi connectivity index (χ1n) is 11.7. The summed E-state index contributed by atoms with van der Waals surface area (Å²) < 4.78 is 53.7. The van der Waals surface area contributed by atoms with Gasteiger partial charge in [0, 0.05) is 11.1 Å². The predicted molar refractivity (Wildman–Crippen MR) is 134 cm³/mol. The van der Waals surface area contributed by atoms with Crippen LogP contribution in [0.5, 0.6) is 0 Å². The number of alkyl halides is 1. The number of hydrogen-bond donors (Lipinski definition) is 0. The van der Waals surface area contributed by atoms with Gasteiger partial charge < -0.3 is 0 Å². The maximum atomic E-state index is 13.5. The molecule has 0 saturated carbocycles. The lowest BCUT2D eigenvalue weighted by Crippen LogP contribution is -2.05. The first-order chi connectivity index (χ1) is 16.8. The quantitative estimate of drug-likeness (QED) is 0.150. The zero-order valence-corrected chi connectivity index (χ0v) is 19.7. The zero-order chi connectivity index (χ0) is 24.9. The van der Waals surface area contributed by atoms with Crippen LogP contribution in [0.15, 0.2) is 72.8 Å². The summed E-state index contributed by atoms with van der Waals surface area (Å²) in [6.45, 7) is 3.67. The van der Waals surface area contributed by atoms with Gasteiger partial charge in [0.25, 0.3) is 0 Å². The third kappa shape index (κ3) is 5.92. The Morgan fingerprint density at radius 3 is 2.26 bits per heavy atom. The molecule has 0 spiro atoms. The van der Waals surface area contributed by atoms with E-state index in [4.69, 9.17) is 0 Å². The van der Waals surface area contributed by atoms with E-state index in [-0.39, 0.29) is 11.5 Å². The molecular formula is C31H26F4. The Labute approximate surface area is 203 Å². The summed E-state index contributed by atoms with van der Waals surface area (Å²) in [7, 11) is 0. The van der Waals surface area contributed by atoms with E-state index in [2.05, 4.69) is 43.0 Å². The first kappa shape index (κ1) is 24.5. The van der Waals surface area contributed by atoms with Crippen molar-refractivity contribution in [1.82, 2.24) is 0 Å². The molecule has 35 heavy (non-hydrogen) atoms. The molecule has 0 fully saturated rings. The van der Waals surface area contributed by atoms with Crippen LogP contribution in [-0.2, 0) is 12.8 Å². The maximum absolute atomic E-state index is 13.5. The van der Waals surface area contributed by atoms with Gasteiger partial charge in [-0.05, 0) is 77.8 Å². The summed E-state index contributed by atoms with van der Waals surface area (Å²) in [5, 5.41) is 1.94. The van der Waals surface area contributed by atoms with Crippen molar-refractivity contribution < 1.29 is 17.6 Å². The summed E-state index contributed by atoms with van der Waals surface area (Å²) in [4.78, 5) is 0. The Hall–Kier alpha value is -3.58. The molecule has 0 saturated heterocycles. The van der Waals surface area contributed by atoms with E-state index in [1.807, 2.05) is 36.4 Å². The molecule has 178 valence electrons. The standard InChI is InChI=1S/C31H26F4/c1-20(16-21(2)32)27-9-4-3-6-24(27)13-10-22-12-15-28-25(7-5-8-26(28)17-22)14-11-23-18-29(33)31(35)30(34)19-23/h3-9,12,15,17-21H,10,13,16H2,1-2H3. The fourth-order valence-corrected chi connectivity index (χ4v) is 4.50. The molecule has 0 amide bonds. The highest BCUT2D eigenvalue weighted by molar-refractivity contribution is 5.88. The molecule has 4 aromatic rings. The fourth-order valence-electron chi connectivity index (χ4n) is 4.50. The maximum Gasteiger partial charge on any atom is 0.194 e. The Morgan fingerprint density at radius 1 is 0.771 bits per heavy atom. The van der Waals surface area contributed by atoms with Gasteiger partial charge in [-0.3, -0.25) is 0 Å². The average molecular weight is 475 g/mol. The second kappa shape index (κ2) is 10.8. The lowest BCUT2D eigenvalue weighted by Gasteiger charge is -2.17. The number of benzene rings is 4. The predicted octanol–water partition coefficient (Wildman–Crippen LogP) is 8.29. The van der Waals surface area contributed by atoms with Crippen molar-refractivity contribution in [3.8, 4) is 11.8 Å². The van der Waals surface area contributed by atoms with Gasteiger partial charge in [0.15, 0.2) is 17.5 Å². The van der Waals surface area contributed by atoms with E-state index in [1.54, 1.807) is 6.92 Å². The van der Waals surface area contributed by atoms with Gasteiger partial charge in [0.05, 0.1) is 6.17 Å². The number of halogens is 4.